The monoisotopic (exact) mass is 283 g/mol. The second-order valence-corrected chi connectivity index (χ2v) is 5.52. The Bertz CT molecular complexity index is 434. The third kappa shape index (κ3) is 2.47. The minimum atomic E-state index is -1.12. The fourth-order valence-corrected chi connectivity index (χ4v) is 3.64. The van der Waals surface area contributed by atoms with Gasteiger partial charge in [-0.25, -0.2) is 8.78 Å². The van der Waals surface area contributed by atoms with E-state index in [1.807, 2.05) is 13.8 Å². The highest BCUT2D eigenvalue weighted by atomic mass is 19.1. The van der Waals surface area contributed by atoms with Crippen LogP contribution in [-0.4, -0.2) is 28.6 Å². The first-order valence-electron chi connectivity index (χ1n) is 7.43. The lowest BCUT2D eigenvalue weighted by molar-refractivity contribution is -0.0303. The van der Waals surface area contributed by atoms with E-state index in [9.17, 15) is 13.9 Å². The fraction of sp³-hybridized carbons (Fsp3) is 0.625. The highest BCUT2D eigenvalue weighted by Crippen LogP contribution is 2.45. The van der Waals surface area contributed by atoms with Gasteiger partial charge in [-0.1, -0.05) is 32.8 Å². The molecule has 20 heavy (non-hydrogen) atoms. The molecule has 1 fully saturated rings. The van der Waals surface area contributed by atoms with Crippen LogP contribution in [0.3, 0.4) is 0 Å². The Kier molecular flexibility index (Phi) is 4.76. The van der Waals surface area contributed by atoms with Gasteiger partial charge in [0.1, 0.15) is 17.7 Å². The summed E-state index contributed by atoms with van der Waals surface area (Å²) in [7, 11) is 0. The van der Waals surface area contributed by atoms with Crippen LogP contribution >= 0.6 is 0 Å². The maximum atomic E-state index is 14.0. The summed E-state index contributed by atoms with van der Waals surface area (Å²) in [6.07, 6.45) is 2.42. The number of halogens is 2. The number of benzene rings is 1. The molecule has 0 saturated heterocycles. The van der Waals surface area contributed by atoms with E-state index in [0.717, 1.165) is 38.8 Å². The molecule has 1 N–H and O–H groups in total. The van der Waals surface area contributed by atoms with Crippen molar-refractivity contribution in [1.82, 2.24) is 4.90 Å². The summed E-state index contributed by atoms with van der Waals surface area (Å²) >= 11 is 0. The molecule has 2 nitrogen and oxygen atoms in total. The first kappa shape index (κ1) is 15.4. The minimum absolute atomic E-state index is 0.179. The SMILES string of the molecule is CCN(CC)C1(C(O)c2c(F)cccc2F)CCCC1. The molecule has 0 spiro atoms. The van der Waals surface area contributed by atoms with Crippen LogP contribution in [0.25, 0.3) is 0 Å². The van der Waals surface area contributed by atoms with Crippen molar-refractivity contribution in [2.45, 2.75) is 51.2 Å². The zero-order valence-electron chi connectivity index (χ0n) is 12.2. The smallest absolute Gasteiger partial charge is 0.132 e. The van der Waals surface area contributed by atoms with Crippen molar-refractivity contribution in [2.75, 3.05) is 13.1 Å². The number of rotatable bonds is 5. The summed E-state index contributed by atoms with van der Waals surface area (Å²) in [6, 6.07) is 3.76. The largest absolute Gasteiger partial charge is 0.386 e. The molecule has 1 aromatic carbocycles. The molecule has 1 aliphatic rings. The molecule has 4 heteroatoms. The van der Waals surface area contributed by atoms with Crippen LogP contribution < -0.4 is 0 Å². The minimum Gasteiger partial charge on any atom is -0.386 e. The third-order valence-electron chi connectivity index (χ3n) is 4.64. The molecule has 1 aliphatic carbocycles. The van der Waals surface area contributed by atoms with Crippen molar-refractivity contribution < 1.29 is 13.9 Å². The first-order valence-corrected chi connectivity index (χ1v) is 7.43. The second-order valence-electron chi connectivity index (χ2n) is 5.52. The van der Waals surface area contributed by atoms with E-state index >= 15 is 0 Å². The summed E-state index contributed by atoms with van der Waals surface area (Å²) in [5.74, 6) is -1.31. The lowest BCUT2D eigenvalue weighted by Crippen LogP contribution is -2.51. The third-order valence-corrected chi connectivity index (χ3v) is 4.64. The molecule has 1 unspecified atom stereocenters. The molecule has 0 amide bonds. The Hall–Kier alpha value is -1.00. The number of aliphatic hydroxyl groups excluding tert-OH is 1. The van der Waals surface area contributed by atoms with E-state index in [1.54, 1.807) is 0 Å². The van der Waals surface area contributed by atoms with Gasteiger partial charge in [-0.15, -0.1) is 0 Å². The van der Waals surface area contributed by atoms with Gasteiger partial charge < -0.3 is 5.11 Å². The molecule has 2 rings (SSSR count). The number of hydrogen-bond donors (Lipinski definition) is 1. The van der Waals surface area contributed by atoms with Crippen molar-refractivity contribution >= 4 is 0 Å². The van der Waals surface area contributed by atoms with Crippen molar-refractivity contribution in [3.05, 3.63) is 35.4 Å². The molecule has 0 heterocycles. The normalized spacial score (nSPS) is 19.5. The Balaban J connectivity index is 2.44. The molecule has 112 valence electrons. The molecular formula is C16H23F2NO. The van der Waals surface area contributed by atoms with Crippen LogP contribution in [0.15, 0.2) is 18.2 Å². The van der Waals surface area contributed by atoms with Gasteiger partial charge >= 0.3 is 0 Å². The van der Waals surface area contributed by atoms with Crippen LogP contribution in [0.1, 0.15) is 51.2 Å². The second kappa shape index (κ2) is 6.19. The quantitative estimate of drug-likeness (QED) is 0.891. The predicted octanol–water partition coefficient (Wildman–Crippen LogP) is 3.65. The van der Waals surface area contributed by atoms with Crippen LogP contribution in [0.2, 0.25) is 0 Å². The van der Waals surface area contributed by atoms with Crippen molar-refractivity contribution in [2.24, 2.45) is 0 Å². The van der Waals surface area contributed by atoms with Gasteiger partial charge in [0.25, 0.3) is 0 Å². The van der Waals surface area contributed by atoms with E-state index < -0.39 is 23.3 Å². The number of nitrogens with zero attached hydrogens (tertiary/aromatic N) is 1. The van der Waals surface area contributed by atoms with Gasteiger partial charge in [-0.05, 0) is 38.1 Å². The van der Waals surface area contributed by atoms with Crippen molar-refractivity contribution in [1.29, 1.82) is 0 Å². The van der Waals surface area contributed by atoms with E-state index in [1.165, 1.54) is 18.2 Å². The zero-order chi connectivity index (χ0) is 14.8. The lowest BCUT2D eigenvalue weighted by Gasteiger charge is -2.44. The molecule has 0 aromatic heterocycles. The van der Waals surface area contributed by atoms with E-state index in [-0.39, 0.29) is 5.56 Å². The summed E-state index contributed by atoms with van der Waals surface area (Å²) in [5.41, 5.74) is -0.715. The average Bonchev–Trinajstić information content (AvgIpc) is 2.90. The molecule has 1 saturated carbocycles. The number of hydrogen-bond acceptors (Lipinski definition) is 2. The highest BCUT2D eigenvalue weighted by molar-refractivity contribution is 5.26. The Labute approximate surface area is 119 Å². The summed E-state index contributed by atoms with van der Waals surface area (Å²) in [4.78, 5) is 2.15. The fourth-order valence-electron chi connectivity index (χ4n) is 3.64. The molecule has 0 bridgehead atoms. The predicted molar refractivity (Wildman–Crippen MR) is 75.4 cm³/mol. The van der Waals surface area contributed by atoms with Crippen LogP contribution in [-0.2, 0) is 0 Å². The Morgan fingerprint density at radius 1 is 1.15 bits per heavy atom. The number of aliphatic hydroxyl groups is 1. The zero-order valence-corrected chi connectivity index (χ0v) is 12.2. The maximum Gasteiger partial charge on any atom is 0.132 e. The standard InChI is InChI=1S/C16H23F2NO/c1-3-19(4-2)16(10-5-6-11-16)15(20)14-12(17)8-7-9-13(14)18/h7-9,15,20H,3-6,10-11H2,1-2H3. The molecule has 1 aromatic rings. The maximum absolute atomic E-state index is 14.0. The average molecular weight is 283 g/mol. The Morgan fingerprint density at radius 2 is 1.65 bits per heavy atom. The van der Waals surface area contributed by atoms with E-state index in [2.05, 4.69) is 4.90 Å². The van der Waals surface area contributed by atoms with Gasteiger partial charge in [0, 0.05) is 0 Å². The van der Waals surface area contributed by atoms with E-state index in [4.69, 9.17) is 0 Å². The summed E-state index contributed by atoms with van der Waals surface area (Å²) in [5, 5.41) is 10.7. The van der Waals surface area contributed by atoms with Crippen molar-refractivity contribution in [3.8, 4) is 0 Å². The van der Waals surface area contributed by atoms with Crippen LogP contribution in [0.4, 0.5) is 8.78 Å². The van der Waals surface area contributed by atoms with Gasteiger partial charge in [0.05, 0.1) is 11.1 Å². The highest BCUT2D eigenvalue weighted by Gasteiger charge is 2.46. The molecular weight excluding hydrogens is 260 g/mol. The van der Waals surface area contributed by atoms with Gasteiger partial charge in [0.15, 0.2) is 0 Å². The number of likely N-dealkylation sites (N-methyl/N-ethyl adjacent to an activating group) is 1. The summed E-state index contributed by atoms with van der Waals surface area (Å²) < 4.78 is 28.0. The van der Waals surface area contributed by atoms with Crippen molar-refractivity contribution in [3.63, 3.8) is 0 Å². The molecule has 0 aliphatic heterocycles. The van der Waals surface area contributed by atoms with E-state index in [0.29, 0.717) is 0 Å². The van der Waals surface area contributed by atoms with Gasteiger partial charge in [-0.2, -0.15) is 0 Å². The first-order chi connectivity index (χ1) is 9.56. The molecule has 0 radical (unpaired) electrons. The van der Waals surface area contributed by atoms with Crippen LogP contribution in [0, 0.1) is 11.6 Å². The summed E-state index contributed by atoms with van der Waals surface area (Å²) in [6.45, 7) is 5.58. The van der Waals surface area contributed by atoms with Gasteiger partial charge in [0.2, 0.25) is 0 Å². The Morgan fingerprint density at radius 3 is 2.10 bits per heavy atom. The topological polar surface area (TPSA) is 23.5 Å². The lowest BCUT2D eigenvalue weighted by atomic mass is 9.83. The molecule has 1 atom stereocenters. The van der Waals surface area contributed by atoms with Gasteiger partial charge in [-0.3, -0.25) is 4.90 Å². The van der Waals surface area contributed by atoms with Crippen LogP contribution in [0.5, 0.6) is 0 Å².